The molecule has 0 N–H and O–H groups in total. The Morgan fingerprint density at radius 3 is 2.59 bits per heavy atom. The van der Waals surface area contributed by atoms with E-state index in [1.165, 1.54) is 0 Å². The van der Waals surface area contributed by atoms with E-state index in [0.717, 1.165) is 60.3 Å². The van der Waals surface area contributed by atoms with Gasteiger partial charge in [0.05, 0.1) is 24.3 Å². The first-order chi connectivity index (χ1) is 15.5. The van der Waals surface area contributed by atoms with E-state index in [0.29, 0.717) is 11.4 Å². The molecule has 6 nitrogen and oxygen atoms in total. The number of hydrogen-bond donors (Lipinski definition) is 0. The van der Waals surface area contributed by atoms with E-state index >= 15 is 0 Å². The van der Waals surface area contributed by atoms with Gasteiger partial charge in [0.15, 0.2) is 0 Å². The van der Waals surface area contributed by atoms with Gasteiger partial charge in [-0.2, -0.15) is 0 Å². The molecule has 0 radical (unpaired) electrons. The van der Waals surface area contributed by atoms with Crippen molar-refractivity contribution in [2.45, 2.75) is 19.3 Å². The van der Waals surface area contributed by atoms with Crippen LogP contribution < -0.4 is 0 Å². The predicted molar refractivity (Wildman–Crippen MR) is 122 cm³/mol. The Kier molecular flexibility index (Phi) is 4.49. The highest BCUT2D eigenvalue weighted by Crippen LogP contribution is 2.41. The monoisotopic (exact) mass is 446 g/mol. The third-order valence-corrected chi connectivity index (χ3v) is 7.01. The number of ether oxygens (including phenoxy) is 1. The molecule has 32 heavy (non-hydrogen) atoms. The van der Waals surface area contributed by atoms with E-state index in [1.54, 1.807) is 0 Å². The number of halogens is 1. The number of aromatic nitrogens is 3. The summed E-state index contributed by atoms with van der Waals surface area (Å²) in [5.41, 5.74) is 4.45. The van der Waals surface area contributed by atoms with Gasteiger partial charge in [-0.1, -0.05) is 48.0 Å². The number of hydrogen-bond acceptors (Lipinski definition) is 4. The van der Waals surface area contributed by atoms with Crippen molar-refractivity contribution in [2.24, 2.45) is 5.41 Å². The molecular weight excluding hydrogens is 424 g/mol. The molecule has 0 bridgehead atoms. The lowest BCUT2D eigenvalue weighted by Gasteiger charge is -2.55. The Hall–Kier alpha value is -2.96. The van der Waals surface area contributed by atoms with Crippen LogP contribution in [0.3, 0.4) is 0 Å². The highest BCUT2D eigenvalue weighted by Gasteiger charge is 2.50. The maximum atomic E-state index is 13.2. The van der Waals surface area contributed by atoms with Crippen LogP contribution in [0.25, 0.3) is 11.3 Å². The average Bonchev–Trinajstić information content (AvgIpc) is 3.04. The van der Waals surface area contributed by atoms with Gasteiger partial charge in [-0.15, -0.1) is 10.2 Å². The number of rotatable bonds is 3. The van der Waals surface area contributed by atoms with Crippen molar-refractivity contribution in [1.29, 1.82) is 0 Å². The number of allylic oxidation sites excluding steroid dienone is 1. The number of carbonyl (C=O) groups excluding carboxylic acids is 1. The smallest absolute Gasteiger partial charge is 0.223 e. The van der Waals surface area contributed by atoms with Crippen LogP contribution in [0.1, 0.15) is 35.1 Å². The molecule has 2 aromatic carbocycles. The number of para-hydroxylation sites is 1. The van der Waals surface area contributed by atoms with Crippen molar-refractivity contribution in [3.8, 4) is 5.69 Å². The summed E-state index contributed by atoms with van der Waals surface area (Å²) < 4.78 is 7.44. The van der Waals surface area contributed by atoms with E-state index in [-0.39, 0.29) is 17.2 Å². The zero-order valence-corrected chi connectivity index (χ0v) is 18.5. The fourth-order valence-electron chi connectivity index (χ4n) is 5.04. The third kappa shape index (κ3) is 3.09. The molecule has 1 amide bonds. The number of nitrogens with zero attached hydrogens (tertiary/aromatic N) is 4. The molecule has 1 spiro atoms. The Balaban J connectivity index is 1.42. The molecule has 0 aliphatic carbocycles. The first kappa shape index (κ1) is 19.7. The van der Waals surface area contributed by atoms with Gasteiger partial charge in [0.1, 0.15) is 11.6 Å². The molecule has 3 aromatic rings. The molecule has 2 fully saturated rings. The van der Waals surface area contributed by atoms with Gasteiger partial charge >= 0.3 is 0 Å². The minimum Gasteiger partial charge on any atom is -0.380 e. The summed E-state index contributed by atoms with van der Waals surface area (Å²) in [5, 5.41) is 9.56. The minimum absolute atomic E-state index is 0.150. The van der Waals surface area contributed by atoms with Crippen molar-refractivity contribution in [3.05, 3.63) is 82.4 Å². The molecule has 3 aliphatic heterocycles. The van der Waals surface area contributed by atoms with Gasteiger partial charge in [0.2, 0.25) is 5.91 Å². The van der Waals surface area contributed by atoms with Crippen LogP contribution in [0, 0.1) is 12.3 Å². The number of aryl methyl sites for hydroxylation is 1. The van der Waals surface area contributed by atoms with Crippen LogP contribution in [-0.4, -0.2) is 51.9 Å². The van der Waals surface area contributed by atoms with Gasteiger partial charge in [-0.25, -0.2) is 0 Å². The van der Waals surface area contributed by atoms with Gasteiger partial charge in [0, 0.05) is 36.0 Å². The highest BCUT2D eigenvalue weighted by molar-refractivity contribution is 6.30. The second kappa shape index (κ2) is 7.29. The summed E-state index contributed by atoms with van der Waals surface area (Å²) >= 11 is 6.15. The molecule has 1 aromatic heterocycles. The topological polar surface area (TPSA) is 60.2 Å². The van der Waals surface area contributed by atoms with E-state index in [1.807, 2.05) is 48.2 Å². The van der Waals surface area contributed by atoms with Crippen molar-refractivity contribution >= 4 is 23.1 Å². The zero-order valence-electron chi connectivity index (χ0n) is 17.8. The number of fused-ring (bicyclic) bond motifs is 3. The Morgan fingerprint density at radius 2 is 1.88 bits per heavy atom. The molecule has 162 valence electrons. The standard InChI is InChI=1S/C25H23ClN4O2/c1-16-27-28-24-18(11-23(31)29-12-25(13-29)14-32-15-25)10-21(17-6-8-19(26)9-7-17)20-4-2-3-5-22(20)30(16)24/h2-10,18H,11-15H2,1H3. The third-order valence-electron chi connectivity index (χ3n) is 6.76. The Labute approximate surface area is 191 Å². The summed E-state index contributed by atoms with van der Waals surface area (Å²) in [7, 11) is 0. The molecule has 6 rings (SSSR count). The van der Waals surface area contributed by atoms with E-state index in [4.69, 9.17) is 16.3 Å². The summed E-state index contributed by atoms with van der Waals surface area (Å²) in [6.45, 7) is 5.07. The average molecular weight is 447 g/mol. The molecule has 1 atom stereocenters. The first-order valence-corrected chi connectivity index (χ1v) is 11.3. The summed E-state index contributed by atoms with van der Waals surface area (Å²) in [6.07, 6.45) is 2.54. The van der Waals surface area contributed by atoms with Crippen LogP contribution in [0.15, 0.2) is 54.6 Å². The lowest BCUT2D eigenvalue weighted by molar-refractivity contribution is -0.195. The lowest BCUT2D eigenvalue weighted by Crippen LogP contribution is -2.67. The number of amides is 1. The molecule has 3 aliphatic rings. The number of benzene rings is 2. The number of carbonyl (C=O) groups is 1. The molecule has 0 saturated carbocycles. The van der Waals surface area contributed by atoms with Crippen LogP contribution in [0.4, 0.5) is 0 Å². The van der Waals surface area contributed by atoms with Gasteiger partial charge in [-0.3, -0.25) is 9.36 Å². The van der Waals surface area contributed by atoms with E-state index in [2.05, 4.69) is 33.0 Å². The SMILES string of the molecule is Cc1nnc2n1-c1ccccc1C(c1ccc(Cl)cc1)=CC2CC(=O)N1CC2(COC2)C1. The van der Waals surface area contributed by atoms with Crippen molar-refractivity contribution in [2.75, 3.05) is 26.3 Å². The van der Waals surface area contributed by atoms with Crippen molar-refractivity contribution in [3.63, 3.8) is 0 Å². The fourth-order valence-corrected chi connectivity index (χ4v) is 5.17. The summed E-state index contributed by atoms with van der Waals surface area (Å²) in [5.74, 6) is 1.58. The molecule has 7 heteroatoms. The Morgan fingerprint density at radius 1 is 1.12 bits per heavy atom. The second-order valence-corrected chi connectivity index (χ2v) is 9.53. The molecule has 1 unspecified atom stereocenters. The van der Waals surface area contributed by atoms with Crippen LogP contribution in [0.5, 0.6) is 0 Å². The molecular formula is C25H23ClN4O2. The maximum Gasteiger partial charge on any atom is 0.223 e. The highest BCUT2D eigenvalue weighted by atomic mass is 35.5. The van der Waals surface area contributed by atoms with Gasteiger partial charge in [-0.05, 0) is 36.3 Å². The minimum atomic E-state index is -0.184. The van der Waals surface area contributed by atoms with Gasteiger partial charge in [0.25, 0.3) is 0 Å². The maximum absolute atomic E-state index is 13.2. The van der Waals surface area contributed by atoms with Crippen LogP contribution >= 0.6 is 11.6 Å². The lowest BCUT2D eigenvalue weighted by atomic mass is 9.77. The van der Waals surface area contributed by atoms with Crippen molar-refractivity contribution < 1.29 is 9.53 Å². The normalized spacial score (nSPS) is 20.5. The van der Waals surface area contributed by atoms with Gasteiger partial charge < -0.3 is 9.64 Å². The number of likely N-dealkylation sites (tertiary alicyclic amines) is 1. The summed E-state index contributed by atoms with van der Waals surface area (Å²) in [4.78, 5) is 15.1. The fraction of sp³-hybridized carbons (Fsp3) is 0.320. The van der Waals surface area contributed by atoms with E-state index in [9.17, 15) is 4.79 Å². The molecule has 4 heterocycles. The zero-order chi connectivity index (χ0) is 21.9. The predicted octanol–water partition coefficient (Wildman–Crippen LogP) is 4.01. The quantitative estimate of drug-likeness (QED) is 0.610. The van der Waals surface area contributed by atoms with E-state index < -0.39 is 0 Å². The summed E-state index contributed by atoms with van der Waals surface area (Å²) in [6, 6.07) is 16.1. The Bertz CT molecular complexity index is 1240. The second-order valence-electron chi connectivity index (χ2n) is 9.10. The largest absolute Gasteiger partial charge is 0.380 e. The van der Waals surface area contributed by atoms with Crippen LogP contribution in [-0.2, 0) is 9.53 Å². The van der Waals surface area contributed by atoms with Crippen molar-refractivity contribution in [1.82, 2.24) is 19.7 Å². The molecule has 2 saturated heterocycles. The first-order valence-electron chi connectivity index (χ1n) is 10.9. The van der Waals surface area contributed by atoms with Crippen LogP contribution in [0.2, 0.25) is 5.02 Å².